The summed E-state index contributed by atoms with van der Waals surface area (Å²) in [6.45, 7) is 2.08. The van der Waals surface area contributed by atoms with Gasteiger partial charge in [-0.2, -0.15) is 5.26 Å². The van der Waals surface area contributed by atoms with Crippen LogP contribution in [0.25, 0.3) is 0 Å². The van der Waals surface area contributed by atoms with Crippen LogP contribution in [-0.4, -0.2) is 33.5 Å². The molecule has 0 unspecified atom stereocenters. The average molecular weight is 461 g/mol. The summed E-state index contributed by atoms with van der Waals surface area (Å²) >= 11 is 6.23. The Bertz CT molecular complexity index is 1200. The first kappa shape index (κ1) is 21.5. The predicted molar refractivity (Wildman–Crippen MR) is 125 cm³/mol. The second-order valence-electron chi connectivity index (χ2n) is 8.71. The van der Waals surface area contributed by atoms with Gasteiger partial charge in [0.25, 0.3) is 0 Å². The first-order valence-corrected chi connectivity index (χ1v) is 11.7. The van der Waals surface area contributed by atoms with Gasteiger partial charge in [0.2, 0.25) is 5.91 Å². The molecule has 2 aliphatic rings. The van der Waals surface area contributed by atoms with Crippen LogP contribution < -0.4 is 4.74 Å². The minimum atomic E-state index is 0.0220. The Morgan fingerprint density at radius 1 is 1.18 bits per heavy atom. The van der Waals surface area contributed by atoms with E-state index in [0.717, 1.165) is 54.8 Å². The molecule has 1 fully saturated rings. The SMILES string of the molecule is N#Cc1ccc(Cn2cncc2CC[C@H]2CCN([C@@H]3CCOc4ccc(Cl)cc43)C2=O)cc1. The molecule has 2 aliphatic heterocycles. The van der Waals surface area contributed by atoms with E-state index in [-0.39, 0.29) is 17.9 Å². The molecule has 5 rings (SSSR count). The Morgan fingerprint density at radius 3 is 2.85 bits per heavy atom. The standard InChI is InChI=1S/C26H25ClN4O2/c27-21-6-8-25-23(13-21)24(10-12-33-25)31-11-9-20(26(31)32)5-7-22-15-29-17-30(22)16-19-3-1-18(14-28)2-4-19/h1-4,6,8,13,15,17,20,24H,5,7,9-12,16H2/t20-,24+/m0/s1. The van der Waals surface area contributed by atoms with Crippen molar-refractivity contribution in [3.63, 3.8) is 0 Å². The highest BCUT2D eigenvalue weighted by Crippen LogP contribution is 2.40. The van der Waals surface area contributed by atoms with Crippen LogP contribution in [0.4, 0.5) is 0 Å². The minimum absolute atomic E-state index is 0.0220. The van der Waals surface area contributed by atoms with Crippen LogP contribution in [0.1, 0.15) is 47.7 Å². The lowest BCUT2D eigenvalue weighted by Crippen LogP contribution is -2.35. The van der Waals surface area contributed by atoms with E-state index in [2.05, 4.69) is 15.6 Å². The number of likely N-dealkylation sites (tertiary alicyclic amines) is 1. The molecule has 33 heavy (non-hydrogen) atoms. The van der Waals surface area contributed by atoms with Gasteiger partial charge in [-0.15, -0.1) is 0 Å². The van der Waals surface area contributed by atoms with Crippen molar-refractivity contribution in [1.82, 2.24) is 14.5 Å². The van der Waals surface area contributed by atoms with Crippen molar-refractivity contribution >= 4 is 17.5 Å². The largest absolute Gasteiger partial charge is 0.493 e. The van der Waals surface area contributed by atoms with Crippen LogP contribution in [0.3, 0.4) is 0 Å². The van der Waals surface area contributed by atoms with Crippen LogP contribution in [0.2, 0.25) is 5.02 Å². The van der Waals surface area contributed by atoms with Gasteiger partial charge in [0.1, 0.15) is 5.75 Å². The second-order valence-corrected chi connectivity index (χ2v) is 9.15. The number of fused-ring (bicyclic) bond motifs is 1. The van der Waals surface area contributed by atoms with Crippen LogP contribution in [-0.2, 0) is 17.8 Å². The summed E-state index contributed by atoms with van der Waals surface area (Å²) < 4.78 is 7.90. The lowest BCUT2D eigenvalue weighted by molar-refractivity contribution is -0.133. The number of rotatable bonds is 6. The Labute approximate surface area is 198 Å². The molecule has 2 atom stereocenters. The number of hydrogen-bond donors (Lipinski definition) is 0. The summed E-state index contributed by atoms with van der Waals surface area (Å²) in [7, 11) is 0. The van der Waals surface area contributed by atoms with Gasteiger partial charge >= 0.3 is 0 Å². The summed E-state index contributed by atoms with van der Waals surface area (Å²) in [5.74, 6) is 1.08. The lowest BCUT2D eigenvalue weighted by atomic mass is 9.98. The number of imidazole rings is 1. The van der Waals surface area contributed by atoms with E-state index in [9.17, 15) is 4.79 Å². The number of nitrogens with zero attached hydrogens (tertiary/aromatic N) is 4. The summed E-state index contributed by atoms with van der Waals surface area (Å²) in [5.41, 5.74) is 3.91. The maximum atomic E-state index is 13.3. The average Bonchev–Trinajstić information content (AvgIpc) is 3.43. The zero-order valence-electron chi connectivity index (χ0n) is 18.3. The first-order chi connectivity index (χ1) is 16.1. The van der Waals surface area contributed by atoms with Crippen LogP contribution in [0.5, 0.6) is 5.75 Å². The molecule has 168 valence electrons. The molecule has 2 aromatic carbocycles. The van der Waals surface area contributed by atoms with Crippen molar-refractivity contribution in [2.45, 2.75) is 38.3 Å². The minimum Gasteiger partial charge on any atom is -0.493 e. The summed E-state index contributed by atoms with van der Waals surface area (Å²) in [6.07, 6.45) is 6.99. The highest BCUT2D eigenvalue weighted by Gasteiger charge is 2.38. The van der Waals surface area contributed by atoms with Gasteiger partial charge in [-0.3, -0.25) is 4.79 Å². The number of hydrogen-bond acceptors (Lipinski definition) is 4. The number of carbonyl (C=O) groups excluding carboxylic acids is 1. The van der Waals surface area contributed by atoms with Gasteiger partial charge in [-0.25, -0.2) is 4.98 Å². The second kappa shape index (κ2) is 9.29. The number of halogens is 1. The van der Waals surface area contributed by atoms with Gasteiger partial charge in [-0.05, 0) is 55.2 Å². The Hall–Kier alpha value is -3.30. The topological polar surface area (TPSA) is 71.2 Å². The normalized spacial score (nSPS) is 19.8. The molecule has 7 heteroatoms. The van der Waals surface area contributed by atoms with E-state index >= 15 is 0 Å². The molecule has 1 amide bonds. The molecular formula is C26H25ClN4O2. The zero-order chi connectivity index (χ0) is 22.8. The monoisotopic (exact) mass is 460 g/mol. The Kier molecular flexibility index (Phi) is 6.06. The molecule has 3 heterocycles. The maximum absolute atomic E-state index is 13.3. The summed E-state index contributed by atoms with van der Waals surface area (Å²) in [4.78, 5) is 19.6. The van der Waals surface area contributed by atoms with Crippen molar-refractivity contribution < 1.29 is 9.53 Å². The summed E-state index contributed by atoms with van der Waals surface area (Å²) in [5, 5.41) is 9.65. The fraction of sp³-hybridized carbons (Fsp3) is 0.346. The molecule has 0 saturated carbocycles. The molecule has 1 saturated heterocycles. The quantitative estimate of drug-likeness (QED) is 0.531. The van der Waals surface area contributed by atoms with Crippen molar-refractivity contribution in [1.29, 1.82) is 5.26 Å². The third kappa shape index (κ3) is 4.46. The summed E-state index contributed by atoms with van der Waals surface area (Å²) in [6, 6.07) is 15.5. The molecule has 0 aliphatic carbocycles. The van der Waals surface area contributed by atoms with Crippen molar-refractivity contribution in [2.75, 3.05) is 13.2 Å². The van der Waals surface area contributed by atoms with E-state index in [4.69, 9.17) is 21.6 Å². The Balaban J connectivity index is 1.23. The first-order valence-electron chi connectivity index (χ1n) is 11.3. The third-order valence-electron chi connectivity index (χ3n) is 6.69. The number of amides is 1. The van der Waals surface area contributed by atoms with Gasteiger partial charge < -0.3 is 14.2 Å². The molecular weight excluding hydrogens is 436 g/mol. The molecule has 1 aromatic heterocycles. The molecule has 6 nitrogen and oxygen atoms in total. The number of nitriles is 1. The van der Waals surface area contributed by atoms with E-state index in [1.54, 1.807) is 0 Å². The van der Waals surface area contributed by atoms with Gasteiger partial charge in [-0.1, -0.05) is 23.7 Å². The van der Waals surface area contributed by atoms with Crippen molar-refractivity contribution in [3.05, 3.63) is 82.4 Å². The number of benzene rings is 2. The third-order valence-corrected chi connectivity index (χ3v) is 6.93. The fourth-order valence-electron chi connectivity index (χ4n) is 4.91. The van der Waals surface area contributed by atoms with E-state index in [1.807, 2.05) is 59.9 Å². The van der Waals surface area contributed by atoms with E-state index in [0.29, 0.717) is 23.7 Å². The van der Waals surface area contributed by atoms with Crippen LogP contribution in [0.15, 0.2) is 55.0 Å². The predicted octanol–water partition coefficient (Wildman–Crippen LogP) is 4.76. The van der Waals surface area contributed by atoms with Gasteiger partial charge in [0.05, 0.1) is 30.6 Å². The maximum Gasteiger partial charge on any atom is 0.226 e. The lowest BCUT2D eigenvalue weighted by Gasteiger charge is -2.33. The Morgan fingerprint density at radius 2 is 2.03 bits per heavy atom. The highest BCUT2D eigenvalue weighted by atomic mass is 35.5. The highest BCUT2D eigenvalue weighted by molar-refractivity contribution is 6.30. The fourth-order valence-corrected chi connectivity index (χ4v) is 5.09. The number of carbonyl (C=O) groups is 1. The van der Waals surface area contributed by atoms with Crippen LogP contribution in [0, 0.1) is 17.2 Å². The van der Waals surface area contributed by atoms with Gasteiger partial charge in [0.15, 0.2) is 0 Å². The van der Waals surface area contributed by atoms with E-state index < -0.39 is 0 Å². The molecule has 0 spiro atoms. The molecule has 3 aromatic rings. The number of aromatic nitrogens is 2. The van der Waals surface area contributed by atoms with Crippen molar-refractivity contribution in [3.8, 4) is 11.8 Å². The number of ether oxygens (including phenoxy) is 1. The zero-order valence-corrected chi connectivity index (χ0v) is 19.0. The molecule has 0 radical (unpaired) electrons. The van der Waals surface area contributed by atoms with E-state index in [1.165, 1.54) is 0 Å². The van der Waals surface area contributed by atoms with Gasteiger partial charge in [0, 0.05) is 47.9 Å². The molecule has 0 N–H and O–H groups in total. The van der Waals surface area contributed by atoms with Crippen molar-refractivity contribution in [2.24, 2.45) is 5.92 Å². The van der Waals surface area contributed by atoms with Crippen LogP contribution >= 0.6 is 11.6 Å². The smallest absolute Gasteiger partial charge is 0.226 e. The number of aryl methyl sites for hydroxylation is 1. The molecule has 0 bridgehead atoms.